The van der Waals surface area contributed by atoms with E-state index in [1.807, 2.05) is 24.4 Å². The number of aliphatic hydroxyl groups excluding tert-OH is 1. The van der Waals surface area contributed by atoms with Crippen LogP contribution >= 0.6 is 15.9 Å². The fourth-order valence-corrected chi connectivity index (χ4v) is 2.23. The fraction of sp³-hybridized carbons (Fsp3) is 0.333. The maximum atomic E-state index is 8.82. The van der Waals surface area contributed by atoms with Crippen molar-refractivity contribution in [3.05, 3.63) is 40.1 Å². The summed E-state index contributed by atoms with van der Waals surface area (Å²) in [5, 5.41) is 16.8. The van der Waals surface area contributed by atoms with Crippen LogP contribution in [0.15, 0.2) is 28.9 Å². The number of halogens is 1. The van der Waals surface area contributed by atoms with E-state index < -0.39 is 0 Å². The Bertz CT molecular complexity index is 528. The topological polar surface area (TPSA) is 60.2 Å². The van der Waals surface area contributed by atoms with E-state index in [4.69, 9.17) is 9.84 Å². The number of ether oxygens (including phenoxy) is 1. The van der Waals surface area contributed by atoms with Crippen LogP contribution in [0.25, 0.3) is 0 Å². The second-order valence-electron chi connectivity index (χ2n) is 3.85. The van der Waals surface area contributed by atoms with Crippen molar-refractivity contribution < 1.29 is 9.84 Å². The van der Waals surface area contributed by atoms with Gasteiger partial charge in [-0.05, 0) is 33.6 Å². The molecule has 5 nitrogen and oxygen atoms in total. The molecule has 0 atom stereocenters. The molecule has 96 valence electrons. The van der Waals surface area contributed by atoms with E-state index in [9.17, 15) is 0 Å². The number of hydrogen-bond acceptors (Lipinski definition) is 4. The lowest BCUT2D eigenvalue weighted by molar-refractivity contribution is 0.298. The molecule has 1 aromatic carbocycles. The first-order valence-corrected chi connectivity index (χ1v) is 6.34. The maximum absolute atomic E-state index is 8.82. The summed E-state index contributed by atoms with van der Waals surface area (Å²) in [5.41, 5.74) is 1.90. The zero-order chi connectivity index (χ0) is 13.0. The Kier molecular flexibility index (Phi) is 4.33. The molecule has 2 aromatic rings. The summed E-state index contributed by atoms with van der Waals surface area (Å²) in [5.74, 6) is 0.804. The minimum Gasteiger partial charge on any atom is -0.496 e. The molecule has 0 amide bonds. The highest BCUT2D eigenvalue weighted by Crippen LogP contribution is 2.25. The molecule has 18 heavy (non-hydrogen) atoms. The second-order valence-corrected chi connectivity index (χ2v) is 4.70. The van der Waals surface area contributed by atoms with E-state index in [0.29, 0.717) is 13.0 Å². The Morgan fingerprint density at radius 1 is 1.44 bits per heavy atom. The van der Waals surface area contributed by atoms with Crippen molar-refractivity contribution in [1.29, 1.82) is 0 Å². The SMILES string of the molecule is COc1ccc(Cn2cc(CCO)nn2)cc1Br. The van der Waals surface area contributed by atoms with Gasteiger partial charge in [0.25, 0.3) is 0 Å². The van der Waals surface area contributed by atoms with E-state index in [2.05, 4.69) is 26.2 Å². The van der Waals surface area contributed by atoms with Crippen molar-refractivity contribution in [2.24, 2.45) is 0 Å². The first-order valence-electron chi connectivity index (χ1n) is 5.55. The van der Waals surface area contributed by atoms with Crippen LogP contribution in [0, 0.1) is 0 Å². The highest BCUT2D eigenvalue weighted by Gasteiger charge is 2.04. The van der Waals surface area contributed by atoms with Crippen molar-refractivity contribution >= 4 is 15.9 Å². The lowest BCUT2D eigenvalue weighted by atomic mass is 10.2. The Morgan fingerprint density at radius 3 is 2.94 bits per heavy atom. The summed E-state index contributed by atoms with van der Waals surface area (Å²) in [6.07, 6.45) is 2.38. The average molecular weight is 312 g/mol. The lowest BCUT2D eigenvalue weighted by Gasteiger charge is -2.06. The fourth-order valence-electron chi connectivity index (χ4n) is 1.64. The maximum Gasteiger partial charge on any atom is 0.133 e. The van der Waals surface area contributed by atoms with Gasteiger partial charge in [-0.1, -0.05) is 11.3 Å². The zero-order valence-electron chi connectivity index (χ0n) is 10.0. The molecular weight excluding hydrogens is 298 g/mol. The largest absolute Gasteiger partial charge is 0.496 e. The van der Waals surface area contributed by atoms with Gasteiger partial charge in [0.2, 0.25) is 0 Å². The van der Waals surface area contributed by atoms with Crippen LogP contribution in [-0.4, -0.2) is 33.8 Å². The molecule has 0 spiro atoms. The number of aliphatic hydroxyl groups is 1. The van der Waals surface area contributed by atoms with E-state index in [0.717, 1.165) is 21.5 Å². The number of hydrogen-bond donors (Lipinski definition) is 1. The standard InChI is InChI=1S/C12H14BrN3O2/c1-18-12-3-2-9(6-11(12)13)7-16-8-10(4-5-17)14-15-16/h2-3,6,8,17H,4-5,7H2,1H3. The smallest absolute Gasteiger partial charge is 0.133 e. The van der Waals surface area contributed by atoms with Crippen LogP contribution in [0.2, 0.25) is 0 Å². The lowest BCUT2D eigenvalue weighted by Crippen LogP contribution is -2.00. The van der Waals surface area contributed by atoms with E-state index in [1.165, 1.54) is 0 Å². The average Bonchev–Trinajstić information content (AvgIpc) is 2.77. The van der Waals surface area contributed by atoms with Gasteiger partial charge in [-0.15, -0.1) is 5.10 Å². The van der Waals surface area contributed by atoms with E-state index in [-0.39, 0.29) is 6.61 Å². The van der Waals surface area contributed by atoms with Crippen molar-refractivity contribution in [3.8, 4) is 5.75 Å². The molecule has 0 radical (unpaired) electrons. The molecule has 0 unspecified atom stereocenters. The molecule has 0 bridgehead atoms. The van der Waals surface area contributed by atoms with Crippen molar-refractivity contribution in [3.63, 3.8) is 0 Å². The number of nitrogens with zero attached hydrogens (tertiary/aromatic N) is 3. The summed E-state index contributed by atoms with van der Waals surface area (Å²) in [4.78, 5) is 0. The van der Waals surface area contributed by atoms with Gasteiger partial charge in [-0.3, -0.25) is 0 Å². The Hall–Kier alpha value is -1.40. The van der Waals surface area contributed by atoms with Gasteiger partial charge in [0.1, 0.15) is 5.75 Å². The molecule has 6 heteroatoms. The Balaban J connectivity index is 2.10. The predicted molar refractivity (Wildman–Crippen MR) is 70.6 cm³/mol. The third kappa shape index (κ3) is 3.08. The monoisotopic (exact) mass is 311 g/mol. The predicted octanol–water partition coefficient (Wildman–Crippen LogP) is 1.63. The molecule has 2 rings (SSSR count). The molecule has 0 aliphatic carbocycles. The van der Waals surface area contributed by atoms with Crippen LogP contribution < -0.4 is 4.74 Å². The van der Waals surface area contributed by atoms with Gasteiger partial charge in [0.15, 0.2) is 0 Å². The van der Waals surface area contributed by atoms with Crippen LogP contribution in [0.3, 0.4) is 0 Å². The highest BCUT2D eigenvalue weighted by atomic mass is 79.9. The first-order chi connectivity index (χ1) is 8.72. The molecule has 1 aromatic heterocycles. The summed E-state index contributed by atoms with van der Waals surface area (Å²) >= 11 is 3.45. The number of rotatable bonds is 5. The highest BCUT2D eigenvalue weighted by molar-refractivity contribution is 9.10. The molecule has 0 saturated heterocycles. The minimum absolute atomic E-state index is 0.0901. The van der Waals surface area contributed by atoms with Gasteiger partial charge in [0, 0.05) is 19.2 Å². The summed E-state index contributed by atoms with van der Waals surface area (Å²) in [6.45, 7) is 0.730. The van der Waals surface area contributed by atoms with Gasteiger partial charge < -0.3 is 9.84 Å². The van der Waals surface area contributed by atoms with Gasteiger partial charge in [0.05, 0.1) is 23.8 Å². The zero-order valence-corrected chi connectivity index (χ0v) is 11.6. The number of aromatic nitrogens is 3. The van der Waals surface area contributed by atoms with E-state index >= 15 is 0 Å². The van der Waals surface area contributed by atoms with Crippen molar-refractivity contribution in [2.75, 3.05) is 13.7 Å². The normalized spacial score (nSPS) is 10.6. The second kappa shape index (κ2) is 5.97. The van der Waals surface area contributed by atoms with E-state index in [1.54, 1.807) is 11.8 Å². The van der Waals surface area contributed by atoms with Crippen molar-refractivity contribution in [2.45, 2.75) is 13.0 Å². The molecule has 0 aliphatic heterocycles. The van der Waals surface area contributed by atoms with Crippen LogP contribution in [-0.2, 0) is 13.0 Å². The Morgan fingerprint density at radius 2 is 2.28 bits per heavy atom. The summed E-state index contributed by atoms with van der Waals surface area (Å²) in [7, 11) is 1.64. The first kappa shape index (κ1) is 13.0. The third-order valence-corrected chi connectivity index (χ3v) is 3.13. The van der Waals surface area contributed by atoms with Gasteiger partial charge in [-0.2, -0.15) is 0 Å². The van der Waals surface area contributed by atoms with Crippen LogP contribution in [0.1, 0.15) is 11.3 Å². The van der Waals surface area contributed by atoms with Gasteiger partial charge >= 0.3 is 0 Å². The molecule has 1 heterocycles. The molecule has 0 aliphatic rings. The molecular formula is C12H14BrN3O2. The quantitative estimate of drug-likeness (QED) is 0.912. The number of methoxy groups -OCH3 is 1. The molecule has 0 saturated carbocycles. The van der Waals surface area contributed by atoms with Crippen molar-refractivity contribution in [1.82, 2.24) is 15.0 Å². The number of benzene rings is 1. The molecule has 1 N–H and O–H groups in total. The molecule has 0 fully saturated rings. The minimum atomic E-state index is 0.0901. The Labute approximate surface area is 114 Å². The van der Waals surface area contributed by atoms with Crippen LogP contribution in [0.5, 0.6) is 5.75 Å². The third-order valence-electron chi connectivity index (χ3n) is 2.51. The summed E-state index contributed by atoms with van der Waals surface area (Å²) < 4.78 is 7.84. The summed E-state index contributed by atoms with van der Waals surface area (Å²) in [6, 6.07) is 5.88. The van der Waals surface area contributed by atoms with Crippen LogP contribution in [0.4, 0.5) is 0 Å². The van der Waals surface area contributed by atoms with Gasteiger partial charge in [-0.25, -0.2) is 4.68 Å².